The number of rotatable bonds is 7. The molecular weight excluding hydrogens is 362 g/mol. The van der Waals surface area contributed by atoms with E-state index < -0.39 is 0 Å². The van der Waals surface area contributed by atoms with E-state index in [0.29, 0.717) is 17.2 Å². The van der Waals surface area contributed by atoms with E-state index in [1.165, 1.54) is 17.3 Å². The molecule has 0 aliphatic rings. The number of methoxy groups -OCH3 is 2. The van der Waals surface area contributed by atoms with Crippen molar-refractivity contribution in [1.29, 1.82) is 0 Å². The summed E-state index contributed by atoms with van der Waals surface area (Å²) >= 11 is 1.38. The zero-order valence-electron chi connectivity index (χ0n) is 15.4. The van der Waals surface area contributed by atoms with Crippen LogP contribution in [0, 0.1) is 6.92 Å². The van der Waals surface area contributed by atoms with Gasteiger partial charge in [-0.1, -0.05) is 23.9 Å². The van der Waals surface area contributed by atoms with E-state index in [1.54, 1.807) is 38.6 Å². The number of benzene rings is 2. The maximum atomic E-state index is 12.4. The first-order valence-electron chi connectivity index (χ1n) is 8.35. The van der Waals surface area contributed by atoms with Gasteiger partial charge in [-0.3, -0.25) is 9.36 Å². The largest absolute Gasteiger partial charge is 0.497 e. The van der Waals surface area contributed by atoms with Gasteiger partial charge in [-0.15, -0.1) is 0 Å². The van der Waals surface area contributed by atoms with Crippen LogP contribution in [0.2, 0.25) is 0 Å². The van der Waals surface area contributed by atoms with Crippen LogP contribution in [0.5, 0.6) is 11.5 Å². The fraction of sp³-hybridized carbons (Fsp3) is 0.200. The summed E-state index contributed by atoms with van der Waals surface area (Å²) in [7, 11) is 3.14. The molecule has 1 aromatic heterocycles. The lowest BCUT2D eigenvalue weighted by Gasteiger charge is -2.10. The average Bonchev–Trinajstić information content (AvgIpc) is 3.14. The van der Waals surface area contributed by atoms with Crippen LogP contribution in [0.15, 0.2) is 60.0 Å². The van der Waals surface area contributed by atoms with E-state index in [0.717, 1.165) is 10.8 Å². The highest BCUT2D eigenvalue weighted by molar-refractivity contribution is 7.99. The molecule has 0 fully saturated rings. The number of nitrogens with one attached hydrogen (secondary N) is 1. The van der Waals surface area contributed by atoms with Crippen molar-refractivity contribution in [3.05, 3.63) is 60.4 Å². The van der Waals surface area contributed by atoms with Gasteiger partial charge in [-0.05, 0) is 24.6 Å². The molecule has 2 aromatic carbocycles. The van der Waals surface area contributed by atoms with Crippen molar-refractivity contribution in [1.82, 2.24) is 9.55 Å². The minimum Gasteiger partial charge on any atom is -0.497 e. The van der Waals surface area contributed by atoms with Crippen molar-refractivity contribution in [3.63, 3.8) is 0 Å². The molecule has 3 rings (SSSR count). The average molecular weight is 383 g/mol. The second-order valence-corrected chi connectivity index (χ2v) is 6.80. The second-order valence-electron chi connectivity index (χ2n) is 5.86. The summed E-state index contributed by atoms with van der Waals surface area (Å²) in [5, 5.41) is 3.63. The first kappa shape index (κ1) is 18.8. The molecule has 0 radical (unpaired) electrons. The van der Waals surface area contributed by atoms with Crippen molar-refractivity contribution in [2.75, 3.05) is 25.3 Å². The molecule has 1 N–H and O–H groups in total. The van der Waals surface area contributed by atoms with Gasteiger partial charge in [0.25, 0.3) is 0 Å². The van der Waals surface area contributed by atoms with Crippen LogP contribution in [0.3, 0.4) is 0 Å². The van der Waals surface area contributed by atoms with Crippen LogP contribution in [-0.2, 0) is 4.79 Å². The zero-order chi connectivity index (χ0) is 19.2. The summed E-state index contributed by atoms with van der Waals surface area (Å²) in [6.45, 7) is 2.04. The molecule has 0 bridgehead atoms. The highest BCUT2D eigenvalue weighted by Crippen LogP contribution is 2.26. The minimum atomic E-state index is -0.130. The molecule has 0 aliphatic heterocycles. The molecule has 27 heavy (non-hydrogen) atoms. The third-order valence-corrected chi connectivity index (χ3v) is 4.82. The van der Waals surface area contributed by atoms with E-state index >= 15 is 0 Å². The summed E-state index contributed by atoms with van der Waals surface area (Å²) in [6.07, 6.45) is 3.62. The highest BCUT2D eigenvalue weighted by atomic mass is 32.2. The van der Waals surface area contributed by atoms with E-state index in [-0.39, 0.29) is 11.7 Å². The Hall–Kier alpha value is -2.93. The van der Waals surface area contributed by atoms with Crippen molar-refractivity contribution in [2.45, 2.75) is 12.1 Å². The zero-order valence-corrected chi connectivity index (χ0v) is 16.2. The van der Waals surface area contributed by atoms with E-state index in [4.69, 9.17) is 9.47 Å². The molecule has 0 saturated carbocycles. The van der Waals surface area contributed by atoms with Crippen molar-refractivity contribution >= 4 is 23.4 Å². The van der Waals surface area contributed by atoms with Gasteiger partial charge < -0.3 is 14.8 Å². The van der Waals surface area contributed by atoms with Gasteiger partial charge in [0.2, 0.25) is 5.91 Å². The molecule has 1 amide bonds. The summed E-state index contributed by atoms with van der Waals surface area (Å²) in [6, 6.07) is 13.4. The predicted molar refractivity (Wildman–Crippen MR) is 107 cm³/mol. The number of hydrogen-bond donors (Lipinski definition) is 1. The topological polar surface area (TPSA) is 65.4 Å². The number of anilines is 1. The number of carbonyl (C=O) groups is 1. The number of thioether (sulfide) groups is 1. The lowest BCUT2D eigenvalue weighted by atomic mass is 10.2. The maximum absolute atomic E-state index is 12.4. The molecule has 7 heteroatoms. The summed E-state index contributed by atoms with van der Waals surface area (Å²) in [5.74, 6) is 1.34. The Balaban J connectivity index is 1.66. The van der Waals surface area contributed by atoms with Crippen LogP contribution >= 0.6 is 11.8 Å². The van der Waals surface area contributed by atoms with Crippen LogP contribution < -0.4 is 14.8 Å². The van der Waals surface area contributed by atoms with Gasteiger partial charge in [0, 0.05) is 42.0 Å². The third kappa shape index (κ3) is 4.83. The van der Waals surface area contributed by atoms with Gasteiger partial charge in [-0.25, -0.2) is 4.98 Å². The molecule has 1 heterocycles. The number of aromatic nitrogens is 2. The normalized spacial score (nSPS) is 10.5. The SMILES string of the molecule is COc1cc(NC(=O)CSc2nccn2-c2cccc(C)c2)cc(OC)c1. The van der Waals surface area contributed by atoms with E-state index in [2.05, 4.69) is 16.4 Å². The molecule has 6 nitrogen and oxygen atoms in total. The Morgan fingerprint density at radius 3 is 2.56 bits per heavy atom. The maximum Gasteiger partial charge on any atom is 0.234 e. The molecule has 0 aliphatic carbocycles. The first-order chi connectivity index (χ1) is 13.1. The third-order valence-electron chi connectivity index (χ3n) is 3.85. The Morgan fingerprint density at radius 1 is 1.15 bits per heavy atom. The number of amides is 1. The van der Waals surface area contributed by atoms with Crippen LogP contribution in [0.25, 0.3) is 5.69 Å². The summed E-state index contributed by atoms with van der Waals surface area (Å²) in [5.41, 5.74) is 2.81. The summed E-state index contributed by atoms with van der Waals surface area (Å²) in [4.78, 5) is 16.7. The standard InChI is InChI=1S/C20H21N3O3S/c1-14-5-4-6-16(9-14)23-8-7-21-20(23)27-13-19(24)22-15-10-17(25-2)12-18(11-15)26-3/h4-12H,13H2,1-3H3,(H,22,24). The quantitative estimate of drug-likeness (QED) is 0.626. The molecule has 0 spiro atoms. The fourth-order valence-electron chi connectivity index (χ4n) is 2.58. The monoisotopic (exact) mass is 383 g/mol. The van der Waals surface area contributed by atoms with Crippen LogP contribution in [0.4, 0.5) is 5.69 Å². The van der Waals surface area contributed by atoms with Crippen molar-refractivity contribution in [3.8, 4) is 17.2 Å². The summed E-state index contributed by atoms with van der Waals surface area (Å²) < 4.78 is 12.4. The number of aryl methyl sites for hydroxylation is 1. The Labute approximate surface area is 162 Å². The van der Waals surface area contributed by atoms with Gasteiger partial charge in [0.05, 0.1) is 20.0 Å². The molecule has 0 atom stereocenters. The molecule has 0 unspecified atom stereocenters. The van der Waals surface area contributed by atoms with E-state index in [9.17, 15) is 4.79 Å². The number of imidazole rings is 1. The van der Waals surface area contributed by atoms with Crippen molar-refractivity contribution in [2.24, 2.45) is 0 Å². The molecule has 3 aromatic rings. The van der Waals surface area contributed by atoms with Crippen LogP contribution in [0.1, 0.15) is 5.56 Å². The fourth-order valence-corrected chi connectivity index (χ4v) is 3.35. The first-order valence-corrected chi connectivity index (χ1v) is 9.33. The van der Waals surface area contributed by atoms with Gasteiger partial charge in [0.1, 0.15) is 11.5 Å². The van der Waals surface area contributed by atoms with Gasteiger partial charge >= 0.3 is 0 Å². The second kappa shape index (κ2) is 8.64. The lowest BCUT2D eigenvalue weighted by molar-refractivity contribution is -0.113. The Kier molecular flexibility index (Phi) is 6.03. The predicted octanol–water partition coefficient (Wildman–Crippen LogP) is 3.93. The van der Waals surface area contributed by atoms with Crippen molar-refractivity contribution < 1.29 is 14.3 Å². The smallest absolute Gasteiger partial charge is 0.234 e. The van der Waals surface area contributed by atoms with Gasteiger partial charge in [-0.2, -0.15) is 0 Å². The minimum absolute atomic E-state index is 0.130. The van der Waals surface area contributed by atoms with E-state index in [1.807, 2.05) is 35.9 Å². The molecule has 0 saturated heterocycles. The number of carbonyl (C=O) groups excluding carboxylic acids is 1. The highest BCUT2D eigenvalue weighted by Gasteiger charge is 2.11. The molecular formula is C20H21N3O3S. The van der Waals surface area contributed by atoms with Crippen LogP contribution in [-0.4, -0.2) is 35.4 Å². The Morgan fingerprint density at radius 2 is 1.89 bits per heavy atom. The number of hydrogen-bond acceptors (Lipinski definition) is 5. The Bertz CT molecular complexity index is 917. The number of nitrogens with zero attached hydrogens (tertiary/aromatic N) is 2. The molecule has 140 valence electrons. The number of ether oxygens (including phenoxy) is 2. The lowest BCUT2D eigenvalue weighted by Crippen LogP contribution is -2.14. The van der Waals surface area contributed by atoms with Gasteiger partial charge in [0.15, 0.2) is 5.16 Å².